The second-order valence-electron chi connectivity index (χ2n) is 6.92. The number of anilines is 1. The fraction of sp³-hybridized carbons (Fsp3) is 0.611. The van der Waals surface area contributed by atoms with Gasteiger partial charge in [0.15, 0.2) is 0 Å². The lowest BCUT2D eigenvalue weighted by molar-refractivity contribution is -0.127. The quantitative estimate of drug-likeness (QED) is 0.827. The molecule has 0 aromatic heterocycles. The van der Waals surface area contributed by atoms with E-state index in [2.05, 4.69) is 49.9 Å². The third-order valence-electron chi connectivity index (χ3n) is 3.79. The smallest absolute Gasteiger partial charge is 0.232 e. The Morgan fingerprint density at radius 1 is 1.22 bits per heavy atom. The molecule has 1 amide bonds. The maximum atomic E-state index is 12.2. The molecule has 1 heterocycles. The lowest BCUT2D eigenvalue weighted by atomic mass is 10.2. The van der Waals surface area contributed by atoms with E-state index in [1.807, 2.05) is 11.9 Å². The van der Waals surface area contributed by atoms with Gasteiger partial charge in [0.05, 0.1) is 19.0 Å². The van der Waals surface area contributed by atoms with E-state index in [0.29, 0.717) is 12.3 Å². The van der Waals surface area contributed by atoms with Crippen molar-refractivity contribution >= 4 is 23.4 Å². The summed E-state index contributed by atoms with van der Waals surface area (Å²) in [6.45, 7) is 10.5. The molecule has 0 radical (unpaired) electrons. The maximum absolute atomic E-state index is 12.2. The molecule has 2 rings (SSSR count). The Balaban J connectivity index is 1.86. The SMILES string of the molecule is CN(Cc1ccc(N2CCOCC2)cc1)C(=O)CSC(C)(C)C. The van der Waals surface area contributed by atoms with Crippen molar-refractivity contribution in [3.63, 3.8) is 0 Å². The van der Waals surface area contributed by atoms with Crippen LogP contribution in [0.1, 0.15) is 26.3 Å². The first kappa shape index (κ1) is 18.1. The molecule has 128 valence electrons. The molecular formula is C18H28N2O2S. The number of thioether (sulfide) groups is 1. The number of ether oxygens (including phenoxy) is 1. The summed E-state index contributed by atoms with van der Waals surface area (Å²) in [6.07, 6.45) is 0. The first-order valence-corrected chi connectivity index (χ1v) is 9.13. The molecule has 0 saturated carbocycles. The second kappa shape index (κ2) is 8.06. The van der Waals surface area contributed by atoms with E-state index >= 15 is 0 Å². The second-order valence-corrected chi connectivity index (χ2v) is 8.72. The number of nitrogens with zero attached hydrogens (tertiary/aromatic N) is 2. The van der Waals surface area contributed by atoms with E-state index in [1.165, 1.54) is 11.3 Å². The largest absolute Gasteiger partial charge is 0.378 e. The number of carbonyl (C=O) groups excluding carboxylic acids is 1. The number of hydrogen-bond acceptors (Lipinski definition) is 4. The van der Waals surface area contributed by atoms with Crippen LogP contribution < -0.4 is 4.90 Å². The van der Waals surface area contributed by atoms with Gasteiger partial charge in [-0.15, -0.1) is 11.8 Å². The van der Waals surface area contributed by atoms with Crippen LogP contribution >= 0.6 is 11.8 Å². The average molecular weight is 337 g/mol. The molecular weight excluding hydrogens is 308 g/mol. The zero-order chi connectivity index (χ0) is 16.9. The normalized spacial score (nSPS) is 15.6. The van der Waals surface area contributed by atoms with Crippen molar-refractivity contribution in [3.8, 4) is 0 Å². The zero-order valence-corrected chi connectivity index (χ0v) is 15.5. The van der Waals surface area contributed by atoms with Gasteiger partial charge in [0.2, 0.25) is 5.91 Å². The first-order chi connectivity index (χ1) is 10.8. The minimum Gasteiger partial charge on any atom is -0.378 e. The molecule has 0 bridgehead atoms. The van der Waals surface area contributed by atoms with E-state index in [0.717, 1.165) is 26.3 Å². The highest BCUT2D eigenvalue weighted by atomic mass is 32.2. The number of hydrogen-bond donors (Lipinski definition) is 0. The van der Waals surface area contributed by atoms with Crippen LogP contribution in [0.4, 0.5) is 5.69 Å². The summed E-state index contributed by atoms with van der Waals surface area (Å²) < 4.78 is 5.50. The van der Waals surface area contributed by atoms with Gasteiger partial charge >= 0.3 is 0 Å². The van der Waals surface area contributed by atoms with Crippen molar-refractivity contribution < 1.29 is 9.53 Å². The average Bonchev–Trinajstić information content (AvgIpc) is 2.53. The van der Waals surface area contributed by atoms with Gasteiger partial charge in [-0.05, 0) is 17.7 Å². The summed E-state index contributed by atoms with van der Waals surface area (Å²) in [5, 5.41) is 0. The Kier molecular flexibility index (Phi) is 6.36. The van der Waals surface area contributed by atoms with Gasteiger partial charge in [-0.2, -0.15) is 0 Å². The molecule has 0 spiro atoms. The molecule has 1 aromatic rings. The predicted molar refractivity (Wildman–Crippen MR) is 98.2 cm³/mol. The van der Waals surface area contributed by atoms with Crippen molar-refractivity contribution in [3.05, 3.63) is 29.8 Å². The van der Waals surface area contributed by atoms with Crippen LogP contribution in [0, 0.1) is 0 Å². The van der Waals surface area contributed by atoms with Crippen molar-refractivity contribution in [2.75, 3.05) is 44.0 Å². The van der Waals surface area contributed by atoms with Gasteiger partial charge in [0.1, 0.15) is 0 Å². The van der Waals surface area contributed by atoms with Gasteiger partial charge in [0, 0.05) is 37.1 Å². The third kappa shape index (κ3) is 6.07. The van der Waals surface area contributed by atoms with E-state index in [-0.39, 0.29) is 10.7 Å². The first-order valence-electron chi connectivity index (χ1n) is 8.15. The topological polar surface area (TPSA) is 32.8 Å². The molecule has 1 saturated heterocycles. The molecule has 1 aliphatic rings. The van der Waals surface area contributed by atoms with Gasteiger partial charge in [-0.3, -0.25) is 4.79 Å². The monoisotopic (exact) mass is 336 g/mol. The Bertz CT molecular complexity index is 505. The molecule has 1 fully saturated rings. The lowest BCUT2D eigenvalue weighted by Crippen LogP contribution is -2.36. The summed E-state index contributed by atoms with van der Waals surface area (Å²) in [4.78, 5) is 16.3. The Morgan fingerprint density at radius 3 is 2.39 bits per heavy atom. The highest BCUT2D eigenvalue weighted by molar-refractivity contribution is 8.01. The Hall–Kier alpha value is -1.20. The molecule has 0 atom stereocenters. The molecule has 4 nitrogen and oxygen atoms in total. The van der Waals surface area contributed by atoms with Crippen LogP contribution in [-0.4, -0.2) is 54.7 Å². The van der Waals surface area contributed by atoms with Crippen molar-refractivity contribution in [2.45, 2.75) is 32.1 Å². The summed E-state index contributed by atoms with van der Waals surface area (Å²) in [5.41, 5.74) is 2.40. The maximum Gasteiger partial charge on any atom is 0.232 e. The van der Waals surface area contributed by atoms with Crippen molar-refractivity contribution in [2.24, 2.45) is 0 Å². The Labute approximate surface area is 144 Å². The van der Waals surface area contributed by atoms with Crippen LogP contribution in [0.25, 0.3) is 0 Å². The molecule has 1 aromatic carbocycles. The van der Waals surface area contributed by atoms with Crippen LogP contribution in [-0.2, 0) is 16.1 Å². The minimum atomic E-state index is 0.121. The van der Waals surface area contributed by atoms with E-state index in [1.54, 1.807) is 11.8 Å². The van der Waals surface area contributed by atoms with Crippen LogP contribution in [0.3, 0.4) is 0 Å². The van der Waals surface area contributed by atoms with Gasteiger partial charge in [-0.1, -0.05) is 32.9 Å². The number of benzene rings is 1. The van der Waals surface area contributed by atoms with E-state index in [9.17, 15) is 4.79 Å². The summed E-state index contributed by atoms with van der Waals surface area (Å²) in [5.74, 6) is 0.716. The zero-order valence-electron chi connectivity index (χ0n) is 14.7. The summed E-state index contributed by atoms with van der Waals surface area (Å²) >= 11 is 1.69. The van der Waals surface area contributed by atoms with E-state index < -0.39 is 0 Å². The molecule has 0 unspecified atom stereocenters. The predicted octanol–water partition coefficient (Wildman–Crippen LogP) is 3.01. The highest BCUT2D eigenvalue weighted by Crippen LogP contribution is 2.23. The Morgan fingerprint density at radius 2 is 1.83 bits per heavy atom. The van der Waals surface area contributed by atoms with E-state index in [4.69, 9.17) is 4.74 Å². The minimum absolute atomic E-state index is 0.121. The molecule has 5 heteroatoms. The third-order valence-corrected chi connectivity index (χ3v) is 5.04. The fourth-order valence-corrected chi connectivity index (χ4v) is 3.16. The van der Waals surface area contributed by atoms with Crippen LogP contribution in [0.15, 0.2) is 24.3 Å². The van der Waals surface area contributed by atoms with Crippen LogP contribution in [0.5, 0.6) is 0 Å². The van der Waals surface area contributed by atoms with Gasteiger partial charge in [-0.25, -0.2) is 0 Å². The highest BCUT2D eigenvalue weighted by Gasteiger charge is 2.16. The van der Waals surface area contributed by atoms with Gasteiger partial charge in [0.25, 0.3) is 0 Å². The van der Waals surface area contributed by atoms with Crippen molar-refractivity contribution in [1.29, 1.82) is 0 Å². The standard InChI is InChI=1S/C18H28N2O2S/c1-18(2,3)23-14-17(21)19(4)13-15-5-7-16(8-6-15)20-9-11-22-12-10-20/h5-8H,9-14H2,1-4H3. The van der Waals surface area contributed by atoms with Crippen LogP contribution in [0.2, 0.25) is 0 Å². The number of morpholine rings is 1. The number of rotatable bonds is 5. The molecule has 0 N–H and O–H groups in total. The van der Waals surface area contributed by atoms with Gasteiger partial charge < -0.3 is 14.5 Å². The van der Waals surface area contributed by atoms with Crippen molar-refractivity contribution in [1.82, 2.24) is 4.90 Å². The number of amides is 1. The number of carbonyl (C=O) groups is 1. The molecule has 23 heavy (non-hydrogen) atoms. The molecule has 1 aliphatic heterocycles. The lowest BCUT2D eigenvalue weighted by Gasteiger charge is -2.29. The summed E-state index contributed by atoms with van der Waals surface area (Å²) in [6, 6.07) is 8.52. The molecule has 0 aliphatic carbocycles. The summed E-state index contributed by atoms with van der Waals surface area (Å²) in [7, 11) is 1.88. The fourth-order valence-electron chi connectivity index (χ4n) is 2.38.